The highest BCUT2D eigenvalue weighted by Gasteiger charge is 1.93. The lowest BCUT2D eigenvalue weighted by Gasteiger charge is -2.02. The topological polar surface area (TPSA) is 29.9 Å². The zero-order valence-electron chi connectivity index (χ0n) is 6.75. The Morgan fingerprint density at radius 2 is 2.64 bits per heavy atom. The average Bonchev–Trinajstić information content (AvgIpc) is 2.37. The van der Waals surface area contributed by atoms with Crippen molar-refractivity contribution in [2.24, 2.45) is 7.05 Å². The van der Waals surface area contributed by atoms with Gasteiger partial charge in [-0.15, -0.1) is 6.58 Å². The van der Waals surface area contributed by atoms with E-state index < -0.39 is 0 Å². The van der Waals surface area contributed by atoms with Crippen molar-refractivity contribution in [3.63, 3.8) is 0 Å². The second-order valence-electron chi connectivity index (χ2n) is 2.37. The number of aromatic nitrogens is 2. The van der Waals surface area contributed by atoms with E-state index in [0.29, 0.717) is 0 Å². The maximum Gasteiger partial charge on any atom is 0.202 e. The van der Waals surface area contributed by atoms with E-state index in [9.17, 15) is 0 Å². The minimum Gasteiger partial charge on any atom is -0.355 e. The van der Waals surface area contributed by atoms with E-state index in [0.717, 1.165) is 18.9 Å². The molecule has 0 aliphatic heterocycles. The van der Waals surface area contributed by atoms with E-state index >= 15 is 0 Å². The number of imidazole rings is 1. The molecule has 0 amide bonds. The molecule has 3 heteroatoms. The molecule has 1 rings (SSSR count). The minimum atomic E-state index is 0.897. The summed E-state index contributed by atoms with van der Waals surface area (Å²) in [5.41, 5.74) is 0. The van der Waals surface area contributed by atoms with Crippen LogP contribution in [0.5, 0.6) is 0 Å². The van der Waals surface area contributed by atoms with E-state index in [1.807, 2.05) is 23.9 Å². The molecule has 3 nitrogen and oxygen atoms in total. The summed E-state index contributed by atoms with van der Waals surface area (Å²) in [5, 5.41) is 3.17. The average molecular weight is 151 g/mol. The van der Waals surface area contributed by atoms with Crippen LogP contribution >= 0.6 is 0 Å². The molecule has 0 saturated heterocycles. The molecule has 0 radical (unpaired) electrons. The summed E-state index contributed by atoms with van der Waals surface area (Å²) in [7, 11) is 1.96. The lowest BCUT2D eigenvalue weighted by atomic mass is 10.4. The Hall–Kier alpha value is -1.25. The Morgan fingerprint density at radius 3 is 3.18 bits per heavy atom. The van der Waals surface area contributed by atoms with Gasteiger partial charge in [-0.1, -0.05) is 6.08 Å². The third-order valence-electron chi connectivity index (χ3n) is 1.45. The fraction of sp³-hybridized carbons (Fsp3) is 0.375. The van der Waals surface area contributed by atoms with Gasteiger partial charge < -0.3 is 9.88 Å². The molecule has 0 atom stereocenters. The molecule has 1 N–H and O–H groups in total. The molecule has 0 unspecified atom stereocenters. The number of hydrogen-bond donors (Lipinski definition) is 1. The van der Waals surface area contributed by atoms with Gasteiger partial charge in [0, 0.05) is 26.0 Å². The van der Waals surface area contributed by atoms with E-state index in [2.05, 4.69) is 16.9 Å². The van der Waals surface area contributed by atoms with Crippen molar-refractivity contribution in [1.82, 2.24) is 9.55 Å². The third kappa shape index (κ3) is 2.11. The van der Waals surface area contributed by atoms with Crippen LogP contribution in [0.2, 0.25) is 0 Å². The van der Waals surface area contributed by atoms with Gasteiger partial charge in [0.25, 0.3) is 0 Å². The Labute approximate surface area is 66.8 Å². The second-order valence-corrected chi connectivity index (χ2v) is 2.37. The fourth-order valence-corrected chi connectivity index (χ4v) is 0.822. The molecule has 0 aliphatic rings. The number of nitrogens with one attached hydrogen (secondary N) is 1. The zero-order valence-corrected chi connectivity index (χ0v) is 6.75. The van der Waals surface area contributed by atoms with Gasteiger partial charge in [0.2, 0.25) is 5.95 Å². The molecule has 0 fully saturated rings. The summed E-state index contributed by atoms with van der Waals surface area (Å²) in [4.78, 5) is 4.11. The first-order valence-corrected chi connectivity index (χ1v) is 3.66. The van der Waals surface area contributed by atoms with Gasteiger partial charge in [0.1, 0.15) is 0 Å². The van der Waals surface area contributed by atoms with Gasteiger partial charge in [-0.05, 0) is 6.42 Å². The van der Waals surface area contributed by atoms with E-state index in [1.165, 1.54) is 0 Å². The number of aryl methyl sites for hydroxylation is 1. The number of anilines is 1. The van der Waals surface area contributed by atoms with Crippen molar-refractivity contribution in [3.8, 4) is 0 Å². The number of hydrogen-bond acceptors (Lipinski definition) is 2. The van der Waals surface area contributed by atoms with Gasteiger partial charge in [-0.2, -0.15) is 0 Å². The number of nitrogens with zero attached hydrogens (tertiary/aromatic N) is 2. The predicted molar refractivity (Wildman–Crippen MR) is 46.5 cm³/mol. The summed E-state index contributed by atoms with van der Waals surface area (Å²) < 4.78 is 1.95. The van der Waals surface area contributed by atoms with Crippen LogP contribution in [0.15, 0.2) is 25.0 Å². The highest BCUT2D eigenvalue weighted by Crippen LogP contribution is 1.99. The van der Waals surface area contributed by atoms with Gasteiger partial charge in [-0.3, -0.25) is 0 Å². The number of rotatable bonds is 4. The first kappa shape index (κ1) is 7.85. The quantitative estimate of drug-likeness (QED) is 0.521. The highest BCUT2D eigenvalue weighted by atomic mass is 15.2. The van der Waals surface area contributed by atoms with E-state index in [-0.39, 0.29) is 0 Å². The van der Waals surface area contributed by atoms with Crippen LogP contribution in [-0.2, 0) is 7.05 Å². The monoisotopic (exact) mass is 151 g/mol. The molecule has 1 aromatic heterocycles. The standard InChI is InChI=1S/C8H13N3/c1-3-4-5-9-8-10-6-7-11(8)2/h3,6-7H,1,4-5H2,2H3,(H,9,10). The summed E-state index contributed by atoms with van der Waals surface area (Å²) in [6.45, 7) is 4.53. The molecule has 0 spiro atoms. The third-order valence-corrected chi connectivity index (χ3v) is 1.45. The van der Waals surface area contributed by atoms with Crippen molar-refractivity contribution < 1.29 is 0 Å². The van der Waals surface area contributed by atoms with Crippen molar-refractivity contribution in [1.29, 1.82) is 0 Å². The Morgan fingerprint density at radius 1 is 1.82 bits per heavy atom. The van der Waals surface area contributed by atoms with Crippen LogP contribution < -0.4 is 5.32 Å². The van der Waals surface area contributed by atoms with Crippen molar-refractivity contribution in [2.45, 2.75) is 6.42 Å². The van der Waals surface area contributed by atoms with Gasteiger partial charge in [0.15, 0.2) is 0 Å². The normalized spacial score (nSPS) is 9.55. The molecule has 0 aliphatic carbocycles. The maximum absolute atomic E-state index is 4.11. The first-order valence-electron chi connectivity index (χ1n) is 3.66. The SMILES string of the molecule is C=CCCNc1nccn1C. The van der Waals surface area contributed by atoms with Crippen LogP contribution in [-0.4, -0.2) is 16.1 Å². The van der Waals surface area contributed by atoms with Crippen LogP contribution in [0.25, 0.3) is 0 Å². The second kappa shape index (κ2) is 3.81. The van der Waals surface area contributed by atoms with Crippen molar-refractivity contribution >= 4 is 5.95 Å². The molecule has 60 valence electrons. The summed E-state index contributed by atoms with van der Waals surface area (Å²) in [6, 6.07) is 0. The Balaban J connectivity index is 2.38. The van der Waals surface area contributed by atoms with Gasteiger partial charge in [0.05, 0.1) is 0 Å². The Kier molecular flexibility index (Phi) is 2.72. The molecular formula is C8H13N3. The molecule has 0 bridgehead atoms. The minimum absolute atomic E-state index is 0.897. The lowest BCUT2D eigenvalue weighted by Crippen LogP contribution is -2.05. The zero-order chi connectivity index (χ0) is 8.10. The molecular weight excluding hydrogens is 138 g/mol. The highest BCUT2D eigenvalue weighted by molar-refractivity contribution is 5.24. The molecule has 1 aromatic rings. The molecule has 11 heavy (non-hydrogen) atoms. The lowest BCUT2D eigenvalue weighted by molar-refractivity contribution is 0.896. The van der Waals surface area contributed by atoms with Gasteiger partial charge >= 0.3 is 0 Å². The molecule has 0 saturated carbocycles. The van der Waals surface area contributed by atoms with Crippen LogP contribution in [0.3, 0.4) is 0 Å². The van der Waals surface area contributed by atoms with Crippen LogP contribution in [0, 0.1) is 0 Å². The smallest absolute Gasteiger partial charge is 0.202 e. The van der Waals surface area contributed by atoms with Crippen LogP contribution in [0.1, 0.15) is 6.42 Å². The van der Waals surface area contributed by atoms with Crippen molar-refractivity contribution in [3.05, 3.63) is 25.0 Å². The molecule has 0 aromatic carbocycles. The van der Waals surface area contributed by atoms with Crippen molar-refractivity contribution in [2.75, 3.05) is 11.9 Å². The van der Waals surface area contributed by atoms with E-state index in [1.54, 1.807) is 6.20 Å². The summed E-state index contributed by atoms with van der Waals surface area (Å²) in [5.74, 6) is 0.909. The maximum atomic E-state index is 4.11. The summed E-state index contributed by atoms with van der Waals surface area (Å²) in [6.07, 6.45) is 6.54. The Bertz CT molecular complexity index is 227. The first-order chi connectivity index (χ1) is 5.34. The van der Waals surface area contributed by atoms with Gasteiger partial charge in [-0.25, -0.2) is 4.98 Å². The fourth-order valence-electron chi connectivity index (χ4n) is 0.822. The predicted octanol–water partition coefficient (Wildman–Crippen LogP) is 1.41. The van der Waals surface area contributed by atoms with Crippen LogP contribution in [0.4, 0.5) is 5.95 Å². The molecule has 1 heterocycles. The largest absolute Gasteiger partial charge is 0.355 e. The van der Waals surface area contributed by atoms with E-state index in [4.69, 9.17) is 0 Å². The summed E-state index contributed by atoms with van der Waals surface area (Å²) >= 11 is 0.